The van der Waals surface area contributed by atoms with Gasteiger partial charge in [-0.2, -0.15) is 0 Å². The Bertz CT molecular complexity index is 420. The zero-order valence-corrected chi connectivity index (χ0v) is 12.8. The highest BCUT2D eigenvalue weighted by atomic mass is 15.2. The van der Waals surface area contributed by atoms with E-state index >= 15 is 0 Å². The van der Waals surface area contributed by atoms with E-state index < -0.39 is 0 Å². The van der Waals surface area contributed by atoms with Crippen LogP contribution in [0.4, 0.5) is 5.69 Å². The molecule has 2 saturated heterocycles. The molecule has 3 nitrogen and oxygen atoms in total. The zero-order chi connectivity index (χ0) is 13.9. The van der Waals surface area contributed by atoms with E-state index in [1.54, 1.807) is 0 Å². The number of rotatable bonds is 3. The van der Waals surface area contributed by atoms with E-state index in [0.29, 0.717) is 6.04 Å². The molecule has 3 rings (SSSR count). The van der Waals surface area contributed by atoms with Gasteiger partial charge in [0.25, 0.3) is 0 Å². The van der Waals surface area contributed by atoms with Gasteiger partial charge in [0.05, 0.1) is 0 Å². The van der Waals surface area contributed by atoms with Gasteiger partial charge in [0, 0.05) is 37.4 Å². The fourth-order valence-electron chi connectivity index (χ4n) is 3.46. The average Bonchev–Trinajstić information content (AvgIpc) is 2.86. The van der Waals surface area contributed by atoms with E-state index in [-0.39, 0.29) is 0 Å². The maximum absolute atomic E-state index is 3.86. The van der Waals surface area contributed by atoms with E-state index in [9.17, 15) is 0 Å². The molecule has 2 aliphatic heterocycles. The molecule has 2 fully saturated rings. The molecule has 20 heavy (non-hydrogen) atoms. The van der Waals surface area contributed by atoms with Gasteiger partial charge in [-0.1, -0.05) is 17.7 Å². The predicted octanol–water partition coefficient (Wildman–Crippen LogP) is 2.26. The van der Waals surface area contributed by atoms with Gasteiger partial charge in [-0.15, -0.1) is 0 Å². The first-order chi connectivity index (χ1) is 9.70. The van der Waals surface area contributed by atoms with Crippen molar-refractivity contribution in [1.29, 1.82) is 0 Å². The third-order valence-electron chi connectivity index (χ3n) is 4.76. The van der Waals surface area contributed by atoms with Crippen molar-refractivity contribution in [2.45, 2.75) is 38.3 Å². The molecule has 0 saturated carbocycles. The summed E-state index contributed by atoms with van der Waals surface area (Å²) in [7, 11) is 2.22. The molecule has 0 aliphatic carbocycles. The summed E-state index contributed by atoms with van der Waals surface area (Å²) in [5.74, 6) is 0. The number of anilines is 1. The summed E-state index contributed by atoms with van der Waals surface area (Å²) in [5, 5.41) is 3.86. The van der Waals surface area contributed by atoms with Crippen molar-refractivity contribution in [2.24, 2.45) is 0 Å². The molecule has 0 aromatic heterocycles. The van der Waals surface area contributed by atoms with E-state index in [2.05, 4.69) is 53.4 Å². The third kappa shape index (κ3) is 3.33. The smallest absolute Gasteiger partial charge is 0.0366 e. The lowest BCUT2D eigenvalue weighted by molar-refractivity contribution is 0.350. The average molecular weight is 273 g/mol. The van der Waals surface area contributed by atoms with E-state index in [4.69, 9.17) is 0 Å². The van der Waals surface area contributed by atoms with Crippen molar-refractivity contribution < 1.29 is 0 Å². The largest absolute Gasteiger partial charge is 0.371 e. The Kier molecular flexibility index (Phi) is 4.27. The lowest BCUT2D eigenvalue weighted by atomic mass is 10.0. The molecule has 0 radical (unpaired) electrons. The second-order valence-electron chi connectivity index (χ2n) is 6.51. The summed E-state index contributed by atoms with van der Waals surface area (Å²) in [6, 6.07) is 10.4. The van der Waals surface area contributed by atoms with Crippen LogP contribution in [-0.4, -0.2) is 50.2 Å². The maximum atomic E-state index is 3.86. The monoisotopic (exact) mass is 273 g/mol. The number of nitrogens with zero attached hydrogens (tertiary/aromatic N) is 2. The van der Waals surface area contributed by atoms with Crippen molar-refractivity contribution in [3.05, 3.63) is 29.8 Å². The van der Waals surface area contributed by atoms with Crippen LogP contribution in [0.2, 0.25) is 0 Å². The number of hydrogen-bond acceptors (Lipinski definition) is 3. The molecule has 0 unspecified atom stereocenters. The number of benzene rings is 1. The van der Waals surface area contributed by atoms with E-state index in [1.807, 2.05) is 0 Å². The van der Waals surface area contributed by atoms with Crippen molar-refractivity contribution in [3.63, 3.8) is 0 Å². The summed E-state index contributed by atoms with van der Waals surface area (Å²) in [4.78, 5) is 4.96. The molecule has 2 aliphatic rings. The van der Waals surface area contributed by atoms with Crippen LogP contribution in [0.3, 0.4) is 0 Å². The standard InChI is InChI=1S/C17H27N3/c1-14-3-5-17(6-4-14)20-11-8-15(9-12-20)18-16-7-10-19(2)13-16/h3-6,15-16,18H,7-13H2,1-2H3/t16-/m1/s1. The fourth-order valence-corrected chi connectivity index (χ4v) is 3.46. The molecule has 2 heterocycles. The SMILES string of the molecule is Cc1ccc(N2CCC(N[C@@H]3CCN(C)C3)CC2)cc1. The van der Waals surface area contributed by atoms with Crippen LogP contribution >= 0.6 is 0 Å². The van der Waals surface area contributed by atoms with Crippen molar-refractivity contribution in [2.75, 3.05) is 38.1 Å². The fraction of sp³-hybridized carbons (Fsp3) is 0.647. The number of likely N-dealkylation sites (N-methyl/N-ethyl adjacent to an activating group) is 1. The Balaban J connectivity index is 1.48. The van der Waals surface area contributed by atoms with Gasteiger partial charge in [-0.05, 0) is 51.9 Å². The molecule has 0 bridgehead atoms. The summed E-state index contributed by atoms with van der Waals surface area (Å²) >= 11 is 0. The Labute approximate surface area is 123 Å². The van der Waals surface area contributed by atoms with Crippen LogP contribution in [-0.2, 0) is 0 Å². The molecule has 1 aromatic rings. The number of hydrogen-bond donors (Lipinski definition) is 1. The van der Waals surface area contributed by atoms with Crippen LogP contribution in [0.25, 0.3) is 0 Å². The second-order valence-corrected chi connectivity index (χ2v) is 6.51. The Morgan fingerprint density at radius 1 is 0.950 bits per heavy atom. The minimum atomic E-state index is 0.716. The highest BCUT2D eigenvalue weighted by Crippen LogP contribution is 2.21. The highest BCUT2D eigenvalue weighted by molar-refractivity contribution is 5.47. The summed E-state index contributed by atoms with van der Waals surface area (Å²) in [6.07, 6.45) is 3.86. The molecule has 1 atom stereocenters. The number of aryl methyl sites for hydroxylation is 1. The van der Waals surface area contributed by atoms with Gasteiger partial charge in [0.2, 0.25) is 0 Å². The lowest BCUT2D eigenvalue weighted by Gasteiger charge is -2.35. The molecule has 1 aromatic carbocycles. The van der Waals surface area contributed by atoms with Crippen LogP contribution in [0.5, 0.6) is 0 Å². The minimum Gasteiger partial charge on any atom is -0.371 e. The molecule has 3 heteroatoms. The van der Waals surface area contributed by atoms with E-state index in [1.165, 1.54) is 56.7 Å². The number of piperidine rings is 1. The summed E-state index contributed by atoms with van der Waals surface area (Å²) in [5.41, 5.74) is 2.73. The molecule has 1 N–H and O–H groups in total. The molecular weight excluding hydrogens is 246 g/mol. The first-order valence-electron chi connectivity index (χ1n) is 7.97. The Morgan fingerprint density at radius 3 is 2.20 bits per heavy atom. The summed E-state index contributed by atoms with van der Waals surface area (Å²) < 4.78 is 0. The number of likely N-dealkylation sites (tertiary alicyclic amines) is 1. The van der Waals surface area contributed by atoms with Gasteiger partial charge in [-0.25, -0.2) is 0 Å². The van der Waals surface area contributed by atoms with Crippen molar-refractivity contribution in [3.8, 4) is 0 Å². The Morgan fingerprint density at radius 2 is 1.60 bits per heavy atom. The van der Waals surface area contributed by atoms with Crippen LogP contribution in [0.1, 0.15) is 24.8 Å². The highest BCUT2D eigenvalue weighted by Gasteiger charge is 2.25. The first kappa shape index (κ1) is 13.9. The molecular formula is C17H27N3. The van der Waals surface area contributed by atoms with Gasteiger partial charge < -0.3 is 15.1 Å². The van der Waals surface area contributed by atoms with Gasteiger partial charge in [0.1, 0.15) is 0 Å². The third-order valence-corrected chi connectivity index (χ3v) is 4.76. The normalized spacial score (nSPS) is 25.3. The molecule has 110 valence electrons. The second kappa shape index (κ2) is 6.15. The Hall–Kier alpha value is -1.06. The maximum Gasteiger partial charge on any atom is 0.0366 e. The molecule has 0 spiro atoms. The zero-order valence-electron chi connectivity index (χ0n) is 12.8. The van der Waals surface area contributed by atoms with Crippen LogP contribution in [0, 0.1) is 6.92 Å². The van der Waals surface area contributed by atoms with Crippen molar-refractivity contribution in [1.82, 2.24) is 10.2 Å². The van der Waals surface area contributed by atoms with E-state index in [0.717, 1.165) is 6.04 Å². The minimum absolute atomic E-state index is 0.716. The van der Waals surface area contributed by atoms with Gasteiger partial charge >= 0.3 is 0 Å². The predicted molar refractivity (Wildman–Crippen MR) is 85.5 cm³/mol. The quantitative estimate of drug-likeness (QED) is 0.911. The topological polar surface area (TPSA) is 18.5 Å². The van der Waals surface area contributed by atoms with Crippen LogP contribution < -0.4 is 10.2 Å². The van der Waals surface area contributed by atoms with Crippen molar-refractivity contribution >= 4 is 5.69 Å². The van der Waals surface area contributed by atoms with Crippen LogP contribution in [0.15, 0.2) is 24.3 Å². The van der Waals surface area contributed by atoms with Gasteiger partial charge in [-0.3, -0.25) is 0 Å². The lowest BCUT2D eigenvalue weighted by Crippen LogP contribution is -2.46. The number of nitrogens with one attached hydrogen (secondary N) is 1. The first-order valence-corrected chi connectivity index (χ1v) is 7.97. The molecule has 0 amide bonds. The van der Waals surface area contributed by atoms with Gasteiger partial charge in [0.15, 0.2) is 0 Å². The summed E-state index contributed by atoms with van der Waals surface area (Å²) in [6.45, 7) is 6.99.